The Morgan fingerprint density at radius 3 is 2.28 bits per heavy atom. The molecule has 4 heterocycles. The summed E-state index contributed by atoms with van der Waals surface area (Å²) in [5, 5.41) is 2.90. The van der Waals surface area contributed by atoms with E-state index in [-0.39, 0.29) is 5.56 Å². The van der Waals surface area contributed by atoms with E-state index in [0.29, 0.717) is 34.6 Å². The van der Waals surface area contributed by atoms with Crippen molar-refractivity contribution in [3.8, 4) is 5.69 Å². The van der Waals surface area contributed by atoms with E-state index in [1.165, 1.54) is 21.8 Å². The molecule has 0 radical (unpaired) electrons. The molecule has 4 aromatic heterocycles. The average molecular weight is 515 g/mol. The van der Waals surface area contributed by atoms with E-state index < -0.39 is 0 Å². The molecule has 7 rings (SSSR count). The Kier molecular flexibility index (Phi) is 5.47. The van der Waals surface area contributed by atoms with Gasteiger partial charge in [0.15, 0.2) is 11.3 Å². The summed E-state index contributed by atoms with van der Waals surface area (Å²) >= 11 is 0. The summed E-state index contributed by atoms with van der Waals surface area (Å²) in [6.45, 7) is 7.79. The summed E-state index contributed by atoms with van der Waals surface area (Å²) < 4.78 is 6.16. The predicted molar refractivity (Wildman–Crippen MR) is 159 cm³/mol. The quantitative estimate of drug-likeness (QED) is 0.226. The van der Waals surface area contributed by atoms with E-state index in [9.17, 15) is 4.79 Å². The Labute approximate surface area is 225 Å². The number of aryl methyl sites for hydroxylation is 2. The molecule has 0 atom stereocenters. The number of rotatable bonds is 6. The zero-order chi connectivity index (χ0) is 26.7. The SMILES string of the molecule is CCCCCn1c(C)nc2c(c1=O)c1nc3ccccc3nc1n2-c1ccc2c(c1)c1ccccc1n2CC. The maximum atomic E-state index is 14.0. The molecule has 0 N–H and O–H groups in total. The lowest BCUT2D eigenvalue weighted by Gasteiger charge is -2.11. The molecule has 0 bridgehead atoms. The Balaban J connectivity index is 1.59. The highest BCUT2D eigenvalue weighted by atomic mass is 16.1. The summed E-state index contributed by atoms with van der Waals surface area (Å²) in [6.07, 6.45) is 3.11. The summed E-state index contributed by atoms with van der Waals surface area (Å²) in [6, 6.07) is 22.8. The molecule has 3 aromatic carbocycles. The molecule has 0 aliphatic rings. The maximum Gasteiger partial charge on any atom is 0.265 e. The van der Waals surface area contributed by atoms with Crippen molar-refractivity contribution in [1.82, 2.24) is 28.7 Å². The van der Waals surface area contributed by atoms with Crippen LogP contribution in [0, 0.1) is 6.92 Å². The molecule has 0 aliphatic carbocycles. The summed E-state index contributed by atoms with van der Waals surface area (Å²) in [5.41, 5.74) is 6.67. The summed E-state index contributed by atoms with van der Waals surface area (Å²) in [5.74, 6) is 0.709. The van der Waals surface area contributed by atoms with Crippen molar-refractivity contribution >= 4 is 55.0 Å². The second kappa shape index (κ2) is 9.05. The van der Waals surface area contributed by atoms with Crippen LogP contribution in [0.25, 0.3) is 60.7 Å². The number of fused-ring (bicyclic) bond motifs is 7. The summed E-state index contributed by atoms with van der Waals surface area (Å²) in [4.78, 5) is 29.0. The summed E-state index contributed by atoms with van der Waals surface area (Å²) in [7, 11) is 0. The molecule has 7 aromatic rings. The Morgan fingerprint density at radius 1 is 0.744 bits per heavy atom. The van der Waals surface area contributed by atoms with Crippen LogP contribution in [-0.2, 0) is 13.1 Å². The van der Waals surface area contributed by atoms with Crippen molar-refractivity contribution in [2.75, 3.05) is 0 Å². The Morgan fingerprint density at radius 2 is 1.49 bits per heavy atom. The van der Waals surface area contributed by atoms with Gasteiger partial charge in [0.2, 0.25) is 0 Å². The molecule has 0 amide bonds. The topological polar surface area (TPSA) is 70.5 Å². The fourth-order valence-electron chi connectivity index (χ4n) is 5.98. The molecular weight excluding hydrogens is 484 g/mol. The van der Waals surface area contributed by atoms with E-state index in [1.54, 1.807) is 4.57 Å². The van der Waals surface area contributed by atoms with Crippen LogP contribution in [-0.4, -0.2) is 28.7 Å². The van der Waals surface area contributed by atoms with Crippen molar-refractivity contribution in [2.24, 2.45) is 0 Å². The van der Waals surface area contributed by atoms with Crippen LogP contribution in [0.5, 0.6) is 0 Å². The monoisotopic (exact) mass is 514 g/mol. The minimum atomic E-state index is -0.0504. The third kappa shape index (κ3) is 3.49. The van der Waals surface area contributed by atoms with Crippen molar-refractivity contribution in [3.05, 3.63) is 82.9 Å². The van der Waals surface area contributed by atoms with Gasteiger partial charge in [-0.25, -0.2) is 15.0 Å². The Bertz CT molecular complexity index is 2110. The average Bonchev–Trinajstić information content (AvgIpc) is 3.44. The number of benzene rings is 3. The molecule has 0 saturated carbocycles. The van der Waals surface area contributed by atoms with Gasteiger partial charge in [0.25, 0.3) is 5.56 Å². The van der Waals surface area contributed by atoms with Gasteiger partial charge < -0.3 is 4.57 Å². The van der Waals surface area contributed by atoms with Gasteiger partial charge in [0.05, 0.1) is 11.0 Å². The van der Waals surface area contributed by atoms with Crippen LogP contribution in [0.15, 0.2) is 71.5 Å². The van der Waals surface area contributed by atoms with Gasteiger partial charge in [-0.3, -0.25) is 13.9 Å². The molecule has 0 fully saturated rings. The third-order valence-electron chi connectivity index (χ3n) is 7.87. The van der Waals surface area contributed by atoms with Crippen molar-refractivity contribution in [1.29, 1.82) is 0 Å². The predicted octanol–water partition coefficient (Wildman–Crippen LogP) is 6.91. The molecule has 0 saturated heterocycles. The van der Waals surface area contributed by atoms with Crippen molar-refractivity contribution in [3.63, 3.8) is 0 Å². The van der Waals surface area contributed by atoms with Crippen LogP contribution in [0.3, 0.4) is 0 Å². The van der Waals surface area contributed by atoms with Gasteiger partial charge in [0, 0.05) is 40.6 Å². The zero-order valence-corrected chi connectivity index (χ0v) is 22.5. The van der Waals surface area contributed by atoms with Gasteiger partial charge in [-0.15, -0.1) is 0 Å². The first-order valence-corrected chi connectivity index (χ1v) is 13.8. The minimum Gasteiger partial charge on any atom is -0.341 e. The van der Waals surface area contributed by atoms with Gasteiger partial charge >= 0.3 is 0 Å². The molecule has 7 heteroatoms. The van der Waals surface area contributed by atoms with Gasteiger partial charge in [0.1, 0.15) is 16.7 Å². The van der Waals surface area contributed by atoms with Gasteiger partial charge in [-0.1, -0.05) is 50.1 Å². The highest BCUT2D eigenvalue weighted by Crippen LogP contribution is 2.34. The zero-order valence-electron chi connectivity index (χ0n) is 22.5. The number of unbranched alkanes of at least 4 members (excludes halogenated alkanes) is 2. The van der Waals surface area contributed by atoms with Crippen LogP contribution < -0.4 is 5.56 Å². The fourth-order valence-corrected chi connectivity index (χ4v) is 5.98. The molecule has 39 heavy (non-hydrogen) atoms. The van der Waals surface area contributed by atoms with E-state index in [2.05, 4.69) is 60.9 Å². The van der Waals surface area contributed by atoms with Gasteiger partial charge in [-0.05, 0) is 56.7 Å². The Hall–Kier alpha value is -4.52. The fraction of sp³-hybridized carbons (Fsp3) is 0.250. The van der Waals surface area contributed by atoms with Crippen molar-refractivity contribution in [2.45, 2.75) is 53.1 Å². The maximum absolute atomic E-state index is 14.0. The second-order valence-electron chi connectivity index (χ2n) is 10.2. The molecule has 0 spiro atoms. The second-order valence-corrected chi connectivity index (χ2v) is 10.2. The molecule has 7 nitrogen and oxygen atoms in total. The molecule has 0 unspecified atom stereocenters. The van der Waals surface area contributed by atoms with Crippen molar-refractivity contribution < 1.29 is 0 Å². The number of para-hydroxylation sites is 3. The minimum absolute atomic E-state index is 0.0504. The largest absolute Gasteiger partial charge is 0.341 e. The lowest BCUT2D eigenvalue weighted by Crippen LogP contribution is -2.24. The number of nitrogens with zero attached hydrogens (tertiary/aromatic N) is 6. The van der Waals surface area contributed by atoms with Gasteiger partial charge in [-0.2, -0.15) is 0 Å². The normalized spacial score (nSPS) is 12.1. The number of aromatic nitrogens is 6. The third-order valence-corrected chi connectivity index (χ3v) is 7.87. The van der Waals surface area contributed by atoms with Crippen LogP contribution in [0.4, 0.5) is 0 Å². The van der Waals surface area contributed by atoms with Crippen LogP contribution in [0.2, 0.25) is 0 Å². The highest BCUT2D eigenvalue weighted by molar-refractivity contribution is 6.10. The van der Waals surface area contributed by atoms with Crippen LogP contribution in [0.1, 0.15) is 38.9 Å². The standard InChI is InChI=1S/C32H30N6O/c1-4-6-11-18-37-20(3)33-30-28(32(37)39)29-31(35-25-14-9-8-13-24(25)34-29)38(30)21-16-17-27-23(19-21)22-12-7-10-15-26(22)36(27)5-2/h7-10,12-17,19H,4-6,11,18H2,1-3H3. The molecule has 0 aliphatic heterocycles. The first-order chi connectivity index (χ1) is 19.1. The van der Waals surface area contributed by atoms with E-state index >= 15 is 0 Å². The van der Waals surface area contributed by atoms with Crippen LogP contribution >= 0.6 is 0 Å². The first-order valence-electron chi connectivity index (χ1n) is 13.8. The lowest BCUT2D eigenvalue weighted by atomic mass is 10.1. The van der Waals surface area contributed by atoms with E-state index in [0.717, 1.165) is 42.5 Å². The highest BCUT2D eigenvalue weighted by Gasteiger charge is 2.23. The number of hydrogen-bond donors (Lipinski definition) is 0. The van der Waals surface area contributed by atoms with E-state index in [1.807, 2.05) is 35.8 Å². The molecule has 194 valence electrons. The molecular formula is C32H30N6O. The first kappa shape index (κ1) is 23.6. The number of hydrogen-bond acceptors (Lipinski definition) is 4. The smallest absolute Gasteiger partial charge is 0.265 e. The van der Waals surface area contributed by atoms with E-state index in [4.69, 9.17) is 15.0 Å². The lowest BCUT2D eigenvalue weighted by molar-refractivity contribution is 0.570.